The lowest BCUT2D eigenvalue weighted by atomic mass is 9.96. The smallest absolute Gasteiger partial charge is 0.333 e. The Balaban J connectivity index is 2.28. The van der Waals surface area contributed by atoms with Crippen LogP contribution in [-0.2, 0) is 14.3 Å². The second-order valence-electron chi connectivity index (χ2n) is 4.68. The summed E-state index contributed by atoms with van der Waals surface area (Å²) in [5.41, 5.74) is 0.590. The fourth-order valence-electron chi connectivity index (χ4n) is 2.15. The predicted octanol–water partition coefficient (Wildman–Crippen LogP) is 2.68. The summed E-state index contributed by atoms with van der Waals surface area (Å²) in [5.74, 6) is -1.29. The molecule has 1 heterocycles. The molecule has 0 amide bonds. The van der Waals surface area contributed by atoms with Gasteiger partial charge in [0.25, 0.3) is 0 Å². The van der Waals surface area contributed by atoms with Gasteiger partial charge >= 0.3 is 11.9 Å². The molecule has 0 aliphatic carbocycles. The second kappa shape index (κ2) is 6.63. The first-order valence-electron chi connectivity index (χ1n) is 6.46. The molecule has 5 nitrogen and oxygen atoms in total. The number of carboxylic acids is 1. The normalized spacial score (nSPS) is 19.0. The van der Waals surface area contributed by atoms with Crippen LogP contribution in [0.15, 0.2) is 29.8 Å². The molecule has 0 aromatic heterocycles. The van der Waals surface area contributed by atoms with E-state index < -0.39 is 11.9 Å². The summed E-state index contributed by atoms with van der Waals surface area (Å²) in [6.07, 6.45) is 0.585. The number of ether oxygens (including phenoxy) is 2. The minimum absolute atomic E-state index is 0.0192. The highest BCUT2D eigenvalue weighted by molar-refractivity contribution is 6.50. The zero-order chi connectivity index (χ0) is 15.4. The second-order valence-corrected chi connectivity index (χ2v) is 5.06. The van der Waals surface area contributed by atoms with Crippen molar-refractivity contribution >= 4 is 28.6 Å². The van der Waals surface area contributed by atoms with Crippen LogP contribution in [-0.4, -0.2) is 30.8 Å². The molecule has 1 atom stereocenters. The maximum absolute atomic E-state index is 11.5. The molecule has 1 aliphatic heterocycles. The highest BCUT2D eigenvalue weighted by atomic mass is 35.5. The number of aliphatic carboxylic acids is 1. The summed E-state index contributed by atoms with van der Waals surface area (Å²) in [6.45, 7) is 0.330. The van der Waals surface area contributed by atoms with Gasteiger partial charge in [-0.25, -0.2) is 4.79 Å². The molecule has 2 rings (SSSR count). The lowest BCUT2D eigenvalue weighted by Crippen LogP contribution is -2.13. The molecule has 1 N–H and O–H groups in total. The average Bonchev–Trinajstić information content (AvgIpc) is 2.89. The minimum atomic E-state index is -1.13. The molecule has 1 saturated heterocycles. The molecule has 1 fully saturated rings. The molecule has 0 saturated carbocycles. The summed E-state index contributed by atoms with van der Waals surface area (Å²) in [6, 6.07) is 6.75. The zero-order valence-electron chi connectivity index (χ0n) is 11.5. The number of esters is 1. The van der Waals surface area contributed by atoms with E-state index >= 15 is 0 Å². The fourth-order valence-corrected chi connectivity index (χ4v) is 2.44. The van der Waals surface area contributed by atoms with Gasteiger partial charge in [-0.3, -0.25) is 4.79 Å². The van der Waals surface area contributed by atoms with Gasteiger partial charge in [-0.2, -0.15) is 0 Å². The number of benzene rings is 1. The van der Waals surface area contributed by atoms with Gasteiger partial charge < -0.3 is 14.6 Å². The van der Waals surface area contributed by atoms with E-state index in [4.69, 9.17) is 21.1 Å². The monoisotopic (exact) mass is 310 g/mol. The number of hydrogen-bond acceptors (Lipinski definition) is 4. The van der Waals surface area contributed by atoms with E-state index in [0.717, 1.165) is 0 Å². The first-order valence-corrected chi connectivity index (χ1v) is 6.83. The number of methoxy groups -OCH3 is 1. The number of carbonyl (C=O) groups excluding carboxylic acids is 1. The van der Waals surface area contributed by atoms with Crippen LogP contribution in [0, 0.1) is 5.92 Å². The Morgan fingerprint density at radius 3 is 2.57 bits per heavy atom. The van der Waals surface area contributed by atoms with E-state index in [1.807, 2.05) is 0 Å². The quantitative estimate of drug-likeness (QED) is 0.668. The van der Waals surface area contributed by atoms with Crippen molar-refractivity contribution in [3.63, 3.8) is 0 Å². The van der Waals surface area contributed by atoms with Gasteiger partial charge in [0.15, 0.2) is 0 Å². The van der Waals surface area contributed by atoms with Gasteiger partial charge in [-0.1, -0.05) is 11.6 Å². The number of carbonyl (C=O) groups is 2. The number of carboxylic acid groups (broad SMARTS) is 1. The van der Waals surface area contributed by atoms with E-state index in [1.54, 1.807) is 31.4 Å². The number of hydrogen-bond donors (Lipinski definition) is 1. The van der Waals surface area contributed by atoms with Crippen molar-refractivity contribution in [3.8, 4) is 5.75 Å². The fraction of sp³-hybridized carbons (Fsp3) is 0.333. The van der Waals surface area contributed by atoms with Gasteiger partial charge in [-0.05, 0) is 42.7 Å². The van der Waals surface area contributed by atoms with Crippen LogP contribution in [0.2, 0.25) is 0 Å². The molecular formula is C15H15ClO5. The third-order valence-corrected chi connectivity index (χ3v) is 3.81. The van der Waals surface area contributed by atoms with Gasteiger partial charge in [-0.15, -0.1) is 0 Å². The number of halogens is 1. The standard InChI is InChI=1S/C15H15ClO5/c1-20-11-4-2-9(3-5-11)13(16)12(14(17)18)8-10-6-7-21-15(10)19/h2-5,10H,6-8H2,1H3,(H,17,18)/b13-12+. The summed E-state index contributed by atoms with van der Waals surface area (Å²) in [5, 5.41) is 9.46. The Bertz CT molecular complexity index is 576. The third-order valence-electron chi connectivity index (χ3n) is 3.36. The first kappa shape index (κ1) is 15.4. The van der Waals surface area contributed by atoms with E-state index in [0.29, 0.717) is 24.3 Å². The highest BCUT2D eigenvalue weighted by Crippen LogP contribution is 2.31. The maximum Gasteiger partial charge on any atom is 0.333 e. The van der Waals surface area contributed by atoms with Crippen LogP contribution >= 0.6 is 11.6 Å². The molecule has 6 heteroatoms. The highest BCUT2D eigenvalue weighted by Gasteiger charge is 2.30. The van der Waals surface area contributed by atoms with Gasteiger partial charge in [0.2, 0.25) is 0 Å². The lowest BCUT2D eigenvalue weighted by molar-refractivity contribution is -0.141. The molecule has 21 heavy (non-hydrogen) atoms. The SMILES string of the molecule is COc1ccc(/C(Cl)=C(/CC2CCOC2=O)C(=O)O)cc1. The van der Waals surface area contributed by atoms with Crippen LogP contribution in [0.1, 0.15) is 18.4 Å². The van der Waals surface area contributed by atoms with Gasteiger partial charge in [0.05, 0.1) is 30.2 Å². The van der Waals surface area contributed by atoms with Crippen molar-refractivity contribution in [3.05, 3.63) is 35.4 Å². The number of rotatable bonds is 5. The Labute approximate surface area is 127 Å². The molecule has 1 aliphatic rings. The van der Waals surface area contributed by atoms with Crippen LogP contribution < -0.4 is 4.74 Å². The summed E-state index contributed by atoms with van der Waals surface area (Å²) in [4.78, 5) is 22.9. The lowest BCUT2D eigenvalue weighted by Gasteiger charge is -2.10. The van der Waals surface area contributed by atoms with E-state index in [9.17, 15) is 14.7 Å². The third kappa shape index (κ3) is 3.55. The number of cyclic esters (lactones) is 1. The molecular weight excluding hydrogens is 296 g/mol. The van der Waals surface area contributed by atoms with Crippen molar-refractivity contribution in [2.75, 3.05) is 13.7 Å². The molecule has 1 aromatic carbocycles. The largest absolute Gasteiger partial charge is 0.497 e. The van der Waals surface area contributed by atoms with E-state index in [1.165, 1.54) is 0 Å². The molecule has 1 unspecified atom stereocenters. The van der Waals surface area contributed by atoms with Gasteiger partial charge in [0.1, 0.15) is 5.75 Å². The van der Waals surface area contributed by atoms with Crippen molar-refractivity contribution in [1.29, 1.82) is 0 Å². The summed E-state index contributed by atoms with van der Waals surface area (Å²) < 4.78 is 9.89. The van der Waals surface area contributed by atoms with Crippen LogP contribution in [0.5, 0.6) is 5.75 Å². The Morgan fingerprint density at radius 1 is 1.43 bits per heavy atom. The van der Waals surface area contributed by atoms with Crippen molar-refractivity contribution < 1.29 is 24.2 Å². The molecule has 0 bridgehead atoms. The summed E-state index contributed by atoms with van der Waals surface area (Å²) >= 11 is 6.19. The Kier molecular flexibility index (Phi) is 4.85. The maximum atomic E-state index is 11.5. The topological polar surface area (TPSA) is 72.8 Å². The Hall–Kier alpha value is -2.01. The van der Waals surface area contributed by atoms with E-state index in [-0.39, 0.29) is 23.0 Å². The molecule has 0 spiro atoms. The van der Waals surface area contributed by atoms with Crippen molar-refractivity contribution in [2.45, 2.75) is 12.8 Å². The van der Waals surface area contributed by atoms with Crippen LogP contribution in [0.4, 0.5) is 0 Å². The molecule has 1 aromatic rings. The minimum Gasteiger partial charge on any atom is -0.497 e. The average molecular weight is 311 g/mol. The zero-order valence-corrected chi connectivity index (χ0v) is 12.2. The van der Waals surface area contributed by atoms with Gasteiger partial charge in [0, 0.05) is 0 Å². The first-order chi connectivity index (χ1) is 10.0. The molecule has 112 valence electrons. The van der Waals surface area contributed by atoms with Crippen molar-refractivity contribution in [1.82, 2.24) is 0 Å². The summed E-state index contributed by atoms with van der Waals surface area (Å²) in [7, 11) is 1.54. The Morgan fingerprint density at radius 2 is 2.10 bits per heavy atom. The molecule has 0 radical (unpaired) electrons. The van der Waals surface area contributed by atoms with Crippen LogP contribution in [0.3, 0.4) is 0 Å². The van der Waals surface area contributed by atoms with E-state index in [2.05, 4.69) is 0 Å². The van der Waals surface area contributed by atoms with Crippen LogP contribution in [0.25, 0.3) is 5.03 Å². The predicted molar refractivity (Wildman–Crippen MR) is 77.1 cm³/mol. The van der Waals surface area contributed by atoms with Crippen molar-refractivity contribution in [2.24, 2.45) is 5.92 Å².